The van der Waals surface area contributed by atoms with Crippen LogP contribution in [0.1, 0.15) is 10.5 Å². The van der Waals surface area contributed by atoms with Crippen LogP contribution in [0.4, 0.5) is 14.5 Å². The quantitative estimate of drug-likeness (QED) is 0.577. The molecular weight excluding hydrogens is 290 g/mol. The van der Waals surface area contributed by atoms with E-state index in [1.54, 1.807) is 23.7 Å². The number of benzene rings is 1. The van der Waals surface area contributed by atoms with Gasteiger partial charge in [0.25, 0.3) is 5.91 Å². The summed E-state index contributed by atoms with van der Waals surface area (Å²) in [7, 11) is 1.72. The molecular formula is C15H12F2N4O. The number of fused-ring (bicyclic) bond motifs is 1. The van der Waals surface area contributed by atoms with E-state index in [0.717, 1.165) is 5.52 Å². The number of carbonyl (C=O) groups excluding carboxylic acids is 1. The van der Waals surface area contributed by atoms with E-state index in [9.17, 15) is 13.6 Å². The summed E-state index contributed by atoms with van der Waals surface area (Å²) in [5.41, 5.74) is 6.68. The van der Waals surface area contributed by atoms with Crippen molar-refractivity contribution < 1.29 is 13.6 Å². The Balaban J connectivity index is 1.80. The molecule has 2 N–H and O–H groups in total. The maximum atomic E-state index is 13.2. The maximum Gasteiger partial charge on any atom is 0.286 e. The third-order valence-electron chi connectivity index (χ3n) is 3.28. The third kappa shape index (κ3) is 2.60. The van der Waals surface area contributed by atoms with E-state index in [-0.39, 0.29) is 5.82 Å². The van der Waals surface area contributed by atoms with Gasteiger partial charge in [0, 0.05) is 18.0 Å². The number of carbonyl (C=O) groups is 1. The molecule has 0 spiro atoms. The lowest BCUT2D eigenvalue weighted by molar-refractivity contribution is 0.0955. The summed E-state index contributed by atoms with van der Waals surface area (Å²) in [5.74, 6) is -1.36. The van der Waals surface area contributed by atoms with Gasteiger partial charge in [0.05, 0.1) is 11.9 Å². The highest BCUT2D eigenvalue weighted by Crippen LogP contribution is 2.19. The lowest BCUT2D eigenvalue weighted by Gasteiger charge is -2.08. The van der Waals surface area contributed by atoms with Crippen molar-refractivity contribution in [3.8, 4) is 0 Å². The molecule has 3 aromatic rings. The summed E-state index contributed by atoms with van der Waals surface area (Å²) >= 11 is 0. The molecule has 2 heterocycles. The fourth-order valence-electron chi connectivity index (χ4n) is 2.18. The third-order valence-corrected chi connectivity index (χ3v) is 3.28. The van der Waals surface area contributed by atoms with E-state index in [1.807, 2.05) is 0 Å². The van der Waals surface area contributed by atoms with Crippen LogP contribution in [0.3, 0.4) is 0 Å². The van der Waals surface area contributed by atoms with Crippen molar-refractivity contribution in [2.75, 3.05) is 5.43 Å². The van der Waals surface area contributed by atoms with E-state index in [1.165, 1.54) is 30.5 Å². The zero-order valence-electron chi connectivity index (χ0n) is 11.6. The minimum absolute atomic E-state index is 0.361. The highest BCUT2D eigenvalue weighted by atomic mass is 19.1. The average molecular weight is 302 g/mol. The Morgan fingerprint density at radius 3 is 2.73 bits per heavy atom. The molecule has 3 rings (SSSR count). The molecule has 0 saturated carbocycles. The topological polar surface area (TPSA) is 59.0 Å². The molecule has 0 fully saturated rings. The van der Waals surface area contributed by atoms with Gasteiger partial charge in [0.1, 0.15) is 11.5 Å². The molecule has 0 unspecified atom stereocenters. The first-order valence-electron chi connectivity index (χ1n) is 6.47. The number of anilines is 1. The van der Waals surface area contributed by atoms with E-state index in [2.05, 4.69) is 15.8 Å². The average Bonchev–Trinajstić information content (AvgIpc) is 2.83. The van der Waals surface area contributed by atoms with E-state index in [0.29, 0.717) is 16.8 Å². The number of hydrogen-bond donors (Lipinski definition) is 2. The van der Waals surface area contributed by atoms with Crippen LogP contribution in [0.5, 0.6) is 0 Å². The number of nitrogens with one attached hydrogen (secondary N) is 2. The number of aryl methyl sites for hydroxylation is 1. The minimum atomic E-state index is -0.604. The predicted molar refractivity (Wildman–Crippen MR) is 78.2 cm³/mol. The Hall–Kier alpha value is -2.96. The van der Waals surface area contributed by atoms with Gasteiger partial charge in [-0.1, -0.05) is 0 Å². The van der Waals surface area contributed by atoms with Crippen LogP contribution < -0.4 is 10.9 Å². The second-order valence-electron chi connectivity index (χ2n) is 4.74. The largest absolute Gasteiger partial charge is 0.340 e. The number of hydrazine groups is 1. The number of rotatable bonds is 3. The SMILES string of the molecule is Cn1c(C(=O)NNc2ccc(F)nc2)cc2cc(F)ccc21. The summed E-state index contributed by atoms with van der Waals surface area (Å²) in [5, 5.41) is 0.635. The number of hydrogen-bond acceptors (Lipinski definition) is 3. The fraction of sp³-hybridized carbons (Fsp3) is 0.0667. The molecule has 0 saturated heterocycles. The molecule has 0 aliphatic rings. The maximum absolute atomic E-state index is 13.2. The Bertz CT molecular complexity index is 843. The number of pyridine rings is 1. The highest BCUT2D eigenvalue weighted by molar-refractivity contribution is 5.99. The number of amides is 1. The van der Waals surface area contributed by atoms with Crippen molar-refractivity contribution >= 4 is 22.5 Å². The van der Waals surface area contributed by atoms with Gasteiger partial charge in [-0.15, -0.1) is 0 Å². The van der Waals surface area contributed by atoms with Crippen molar-refractivity contribution in [1.29, 1.82) is 0 Å². The Morgan fingerprint density at radius 1 is 1.18 bits per heavy atom. The van der Waals surface area contributed by atoms with Crippen molar-refractivity contribution in [1.82, 2.24) is 15.0 Å². The van der Waals surface area contributed by atoms with Gasteiger partial charge in [-0.3, -0.25) is 15.6 Å². The first-order chi connectivity index (χ1) is 10.5. The van der Waals surface area contributed by atoms with Crippen LogP contribution in [0.2, 0.25) is 0 Å². The summed E-state index contributed by atoms with van der Waals surface area (Å²) in [6.07, 6.45) is 1.26. The molecule has 1 amide bonds. The van der Waals surface area contributed by atoms with Crippen LogP contribution >= 0.6 is 0 Å². The summed E-state index contributed by atoms with van der Waals surface area (Å²) in [6, 6.07) is 8.53. The Labute approximate surface area is 124 Å². The Morgan fingerprint density at radius 2 is 2.00 bits per heavy atom. The molecule has 22 heavy (non-hydrogen) atoms. The van der Waals surface area contributed by atoms with E-state index in [4.69, 9.17) is 0 Å². The van der Waals surface area contributed by atoms with E-state index >= 15 is 0 Å². The molecule has 112 valence electrons. The fourth-order valence-corrected chi connectivity index (χ4v) is 2.18. The molecule has 7 heteroatoms. The first-order valence-corrected chi connectivity index (χ1v) is 6.47. The van der Waals surface area contributed by atoms with Crippen LogP contribution in [-0.4, -0.2) is 15.5 Å². The number of halogens is 2. The van der Waals surface area contributed by atoms with Crippen LogP contribution in [-0.2, 0) is 7.05 Å². The van der Waals surface area contributed by atoms with Crippen LogP contribution in [0.25, 0.3) is 10.9 Å². The smallest absolute Gasteiger partial charge is 0.286 e. The van der Waals surface area contributed by atoms with Crippen molar-refractivity contribution in [3.05, 3.63) is 60.1 Å². The van der Waals surface area contributed by atoms with Gasteiger partial charge in [-0.25, -0.2) is 9.37 Å². The van der Waals surface area contributed by atoms with Gasteiger partial charge in [0.2, 0.25) is 5.95 Å². The normalized spacial score (nSPS) is 10.7. The molecule has 0 radical (unpaired) electrons. The molecule has 0 bridgehead atoms. The molecule has 5 nitrogen and oxygen atoms in total. The molecule has 0 aliphatic carbocycles. The number of aromatic nitrogens is 2. The van der Waals surface area contributed by atoms with Gasteiger partial charge >= 0.3 is 0 Å². The molecule has 0 atom stereocenters. The second kappa shape index (κ2) is 5.44. The van der Waals surface area contributed by atoms with Gasteiger partial charge in [0.15, 0.2) is 0 Å². The Kier molecular flexibility index (Phi) is 3.46. The molecule has 1 aromatic carbocycles. The zero-order valence-corrected chi connectivity index (χ0v) is 11.6. The van der Waals surface area contributed by atoms with Crippen molar-refractivity contribution in [2.45, 2.75) is 0 Å². The predicted octanol–water partition coefficient (Wildman–Crippen LogP) is 2.61. The van der Waals surface area contributed by atoms with Gasteiger partial charge in [-0.2, -0.15) is 4.39 Å². The van der Waals surface area contributed by atoms with Crippen molar-refractivity contribution in [2.24, 2.45) is 7.05 Å². The van der Waals surface area contributed by atoms with Crippen LogP contribution in [0.15, 0.2) is 42.6 Å². The summed E-state index contributed by atoms with van der Waals surface area (Å²) in [6.45, 7) is 0. The first kappa shape index (κ1) is 14.0. The van der Waals surface area contributed by atoms with Crippen LogP contribution in [0, 0.1) is 11.8 Å². The van der Waals surface area contributed by atoms with Gasteiger partial charge < -0.3 is 4.57 Å². The lowest BCUT2D eigenvalue weighted by Crippen LogP contribution is -2.30. The lowest BCUT2D eigenvalue weighted by atomic mass is 10.2. The minimum Gasteiger partial charge on any atom is -0.340 e. The monoisotopic (exact) mass is 302 g/mol. The molecule has 2 aromatic heterocycles. The molecule has 0 aliphatic heterocycles. The summed E-state index contributed by atoms with van der Waals surface area (Å²) < 4.78 is 27.6. The van der Waals surface area contributed by atoms with E-state index < -0.39 is 11.9 Å². The van der Waals surface area contributed by atoms with Gasteiger partial charge in [-0.05, 0) is 36.4 Å². The van der Waals surface area contributed by atoms with Crippen molar-refractivity contribution in [3.63, 3.8) is 0 Å². The highest BCUT2D eigenvalue weighted by Gasteiger charge is 2.13. The number of nitrogens with zero attached hydrogens (tertiary/aromatic N) is 2. The second-order valence-corrected chi connectivity index (χ2v) is 4.74. The standard InChI is InChI=1S/C15H12F2N4O/c1-21-12-4-2-10(16)6-9(12)7-13(21)15(22)20-19-11-3-5-14(17)18-8-11/h2-8,19H,1H3,(H,20,22). The summed E-state index contributed by atoms with van der Waals surface area (Å²) in [4.78, 5) is 15.6. The zero-order chi connectivity index (χ0) is 15.7.